The second-order valence-corrected chi connectivity index (χ2v) is 5.24. The molecule has 0 spiro atoms. The molecule has 0 saturated carbocycles. The molecule has 0 saturated heterocycles. The summed E-state index contributed by atoms with van der Waals surface area (Å²) in [6.07, 6.45) is 0. The summed E-state index contributed by atoms with van der Waals surface area (Å²) >= 11 is 0. The largest absolute Gasteiger partial charge is 0.495 e. The molecule has 2 aromatic rings. The van der Waals surface area contributed by atoms with Crippen LogP contribution in [0.3, 0.4) is 0 Å². The second-order valence-electron chi connectivity index (χ2n) is 5.24. The van der Waals surface area contributed by atoms with Gasteiger partial charge in [0, 0.05) is 6.92 Å². The predicted molar refractivity (Wildman–Crippen MR) is 115 cm³/mol. The molecule has 2 aromatic carbocycles. The monoisotopic (exact) mass is 470 g/mol. The minimum atomic E-state index is -0.170. The number of halogens is 1. The molecule has 0 fully saturated rings. The predicted octanol–water partition coefficient (Wildman–Crippen LogP) is 3.21. The lowest BCUT2D eigenvalue weighted by Crippen LogP contribution is -2.22. The van der Waals surface area contributed by atoms with Crippen LogP contribution in [0.4, 0.5) is 11.4 Å². The molecule has 0 atom stereocenters. The summed E-state index contributed by atoms with van der Waals surface area (Å²) < 4.78 is 10.5. The van der Waals surface area contributed by atoms with E-state index in [2.05, 4.69) is 15.6 Å². The molecule has 2 rings (SSSR count). The fourth-order valence-corrected chi connectivity index (χ4v) is 2.24. The molecule has 0 aliphatic rings. The summed E-state index contributed by atoms with van der Waals surface area (Å²) in [5, 5.41) is 5.74. The first-order valence-electron chi connectivity index (χ1n) is 7.68. The molecule has 4 N–H and O–H groups in total. The van der Waals surface area contributed by atoms with Crippen LogP contribution in [0, 0.1) is 0 Å². The number of hydrogen-bond donors (Lipinski definition) is 3. The van der Waals surface area contributed by atoms with Crippen molar-refractivity contribution in [2.24, 2.45) is 10.7 Å². The van der Waals surface area contributed by atoms with Crippen LogP contribution in [-0.2, 0) is 11.3 Å². The number of para-hydroxylation sites is 2. The third-order valence-corrected chi connectivity index (χ3v) is 3.38. The number of amides is 1. The zero-order chi connectivity index (χ0) is 18.2. The molecule has 8 heteroatoms. The third-order valence-electron chi connectivity index (χ3n) is 3.38. The molecule has 0 aliphatic carbocycles. The van der Waals surface area contributed by atoms with Gasteiger partial charge in [-0.05, 0) is 29.8 Å². The lowest BCUT2D eigenvalue weighted by molar-refractivity contribution is -0.114. The van der Waals surface area contributed by atoms with E-state index in [1.807, 2.05) is 30.3 Å². The molecule has 0 bridgehead atoms. The number of benzene rings is 2. The topological polar surface area (TPSA) is 98.0 Å². The van der Waals surface area contributed by atoms with Crippen molar-refractivity contribution in [1.82, 2.24) is 0 Å². The van der Waals surface area contributed by atoms with Crippen LogP contribution in [0.2, 0.25) is 0 Å². The first-order chi connectivity index (χ1) is 12.0. The Morgan fingerprint density at radius 1 is 1.04 bits per heavy atom. The number of hydrogen-bond acceptors (Lipinski definition) is 4. The van der Waals surface area contributed by atoms with Crippen molar-refractivity contribution in [2.75, 3.05) is 24.9 Å². The highest BCUT2D eigenvalue weighted by atomic mass is 127. The van der Waals surface area contributed by atoms with Crippen molar-refractivity contribution in [2.45, 2.75) is 13.5 Å². The Morgan fingerprint density at radius 3 is 2.35 bits per heavy atom. The smallest absolute Gasteiger partial charge is 0.221 e. The molecular formula is C18H23IN4O3. The number of methoxy groups -OCH3 is 2. The number of carbonyl (C=O) groups is 1. The van der Waals surface area contributed by atoms with Crippen LogP contribution in [0.5, 0.6) is 11.5 Å². The van der Waals surface area contributed by atoms with E-state index in [1.165, 1.54) is 6.92 Å². The number of nitrogens with zero attached hydrogens (tertiary/aromatic N) is 1. The fourth-order valence-electron chi connectivity index (χ4n) is 2.24. The Kier molecular flexibility index (Phi) is 8.70. The Labute approximate surface area is 170 Å². The first-order valence-corrected chi connectivity index (χ1v) is 7.68. The van der Waals surface area contributed by atoms with Gasteiger partial charge in [0.05, 0.1) is 32.1 Å². The number of ether oxygens (including phenoxy) is 2. The highest BCUT2D eigenvalue weighted by molar-refractivity contribution is 14.0. The summed E-state index contributed by atoms with van der Waals surface area (Å²) in [7, 11) is 3.14. The normalized spacial score (nSPS) is 10.5. The van der Waals surface area contributed by atoms with Gasteiger partial charge in [0.15, 0.2) is 5.96 Å². The Hall–Kier alpha value is -2.49. The van der Waals surface area contributed by atoms with Crippen molar-refractivity contribution in [3.8, 4) is 11.5 Å². The van der Waals surface area contributed by atoms with E-state index in [9.17, 15) is 4.79 Å². The van der Waals surface area contributed by atoms with E-state index in [0.29, 0.717) is 23.7 Å². The van der Waals surface area contributed by atoms with Crippen molar-refractivity contribution in [3.63, 3.8) is 0 Å². The van der Waals surface area contributed by atoms with Crippen molar-refractivity contribution in [1.29, 1.82) is 0 Å². The van der Waals surface area contributed by atoms with E-state index in [4.69, 9.17) is 15.2 Å². The number of anilines is 2. The molecule has 1 amide bonds. The number of aliphatic imine (C=N–C) groups is 1. The van der Waals surface area contributed by atoms with Crippen molar-refractivity contribution >= 4 is 47.2 Å². The lowest BCUT2D eigenvalue weighted by Gasteiger charge is -2.11. The number of rotatable bonds is 6. The second kappa shape index (κ2) is 10.5. The van der Waals surface area contributed by atoms with Gasteiger partial charge in [-0.2, -0.15) is 0 Å². The highest BCUT2D eigenvalue weighted by Gasteiger charge is 2.06. The van der Waals surface area contributed by atoms with Crippen molar-refractivity contribution in [3.05, 3.63) is 48.0 Å². The lowest BCUT2D eigenvalue weighted by atomic mass is 10.2. The standard InChI is InChI=1S/C18H22N4O3.HI/c1-12(23)21-15-10-13(8-9-17(15)25-3)11-20-18(19)22-14-6-4-5-7-16(14)24-2;/h4-10H,11H2,1-3H3,(H,21,23)(H3,19,20,22);1H. The number of nitrogens with one attached hydrogen (secondary N) is 2. The minimum Gasteiger partial charge on any atom is -0.495 e. The van der Waals surface area contributed by atoms with Crippen LogP contribution in [0.25, 0.3) is 0 Å². The van der Waals surface area contributed by atoms with Gasteiger partial charge in [0.25, 0.3) is 0 Å². The van der Waals surface area contributed by atoms with Gasteiger partial charge in [-0.1, -0.05) is 18.2 Å². The van der Waals surface area contributed by atoms with Gasteiger partial charge < -0.3 is 25.8 Å². The number of nitrogens with two attached hydrogens (primary N) is 1. The molecule has 0 radical (unpaired) electrons. The zero-order valence-electron chi connectivity index (χ0n) is 14.9. The van der Waals surface area contributed by atoms with Gasteiger partial charge in [-0.25, -0.2) is 4.99 Å². The molecule has 140 valence electrons. The first kappa shape index (κ1) is 21.6. The maximum atomic E-state index is 11.3. The van der Waals surface area contributed by atoms with E-state index in [1.54, 1.807) is 26.4 Å². The van der Waals surface area contributed by atoms with Crippen LogP contribution >= 0.6 is 24.0 Å². The van der Waals surface area contributed by atoms with Crippen LogP contribution in [-0.4, -0.2) is 26.1 Å². The minimum absolute atomic E-state index is 0. The molecule has 0 aromatic heterocycles. The molecular weight excluding hydrogens is 447 g/mol. The Morgan fingerprint density at radius 2 is 1.69 bits per heavy atom. The molecule has 0 aliphatic heterocycles. The average molecular weight is 470 g/mol. The highest BCUT2D eigenvalue weighted by Crippen LogP contribution is 2.26. The van der Waals surface area contributed by atoms with Gasteiger partial charge >= 0.3 is 0 Å². The van der Waals surface area contributed by atoms with E-state index < -0.39 is 0 Å². The van der Waals surface area contributed by atoms with E-state index in [0.717, 1.165) is 11.3 Å². The summed E-state index contributed by atoms with van der Waals surface area (Å²) in [6, 6.07) is 12.9. The molecule has 0 unspecified atom stereocenters. The van der Waals surface area contributed by atoms with Gasteiger partial charge in [0.2, 0.25) is 5.91 Å². The Bertz CT molecular complexity index is 781. The zero-order valence-corrected chi connectivity index (χ0v) is 17.2. The maximum Gasteiger partial charge on any atom is 0.221 e. The van der Waals surface area contributed by atoms with Gasteiger partial charge in [0.1, 0.15) is 11.5 Å². The van der Waals surface area contributed by atoms with Crippen LogP contribution < -0.4 is 25.8 Å². The average Bonchev–Trinajstić information content (AvgIpc) is 2.60. The fraction of sp³-hybridized carbons (Fsp3) is 0.222. The maximum absolute atomic E-state index is 11.3. The van der Waals surface area contributed by atoms with E-state index >= 15 is 0 Å². The number of guanidine groups is 1. The molecule has 7 nitrogen and oxygen atoms in total. The number of carbonyl (C=O) groups excluding carboxylic acids is 1. The molecule has 26 heavy (non-hydrogen) atoms. The summed E-state index contributed by atoms with van der Waals surface area (Å²) in [5.41, 5.74) is 8.16. The third kappa shape index (κ3) is 6.10. The van der Waals surface area contributed by atoms with Gasteiger partial charge in [-0.15, -0.1) is 24.0 Å². The SMILES string of the molecule is COc1ccc(CN=C(N)Nc2ccccc2OC)cc1NC(C)=O.I. The van der Waals surface area contributed by atoms with E-state index in [-0.39, 0.29) is 35.8 Å². The van der Waals surface area contributed by atoms with Crippen molar-refractivity contribution < 1.29 is 14.3 Å². The summed E-state index contributed by atoms with van der Waals surface area (Å²) in [6.45, 7) is 1.80. The Balaban J connectivity index is 0.00000338. The summed E-state index contributed by atoms with van der Waals surface area (Å²) in [5.74, 6) is 1.36. The molecule has 0 heterocycles. The summed E-state index contributed by atoms with van der Waals surface area (Å²) in [4.78, 5) is 15.6. The van der Waals surface area contributed by atoms with Gasteiger partial charge in [-0.3, -0.25) is 4.79 Å². The van der Waals surface area contributed by atoms with Crippen LogP contribution in [0.15, 0.2) is 47.5 Å². The quantitative estimate of drug-likeness (QED) is 0.342. The van der Waals surface area contributed by atoms with Crippen LogP contribution in [0.1, 0.15) is 12.5 Å².